The highest BCUT2D eigenvalue weighted by Crippen LogP contribution is 2.04. The molecule has 0 spiro atoms. The minimum Gasteiger partial charge on any atom is -0.249 e. The second-order valence-corrected chi connectivity index (χ2v) is 2.61. The van der Waals surface area contributed by atoms with Crippen molar-refractivity contribution in [1.82, 2.24) is 15.0 Å². The van der Waals surface area contributed by atoms with Crippen LogP contribution in [0.5, 0.6) is 0 Å². The number of hydrogen-bond acceptors (Lipinski definition) is 3. The Morgan fingerprint density at radius 1 is 1.67 bits per heavy atom. The summed E-state index contributed by atoms with van der Waals surface area (Å²) in [6.07, 6.45) is 1.80. The topological polar surface area (TPSA) is 30.7 Å². The molecule has 0 aliphatic rings. The summed E-state index contributed by atoms with van der Waals surface area (Å²) < 4.78 is 1.77. The molecule has 4 heteroatoms. The molecule has 1 aromatic heterocycles. The first-order valence-corrected chi connectivity index (χ1v) is 3.25. The summed E-state index contributed by atoms with van der Waals surface area (Å²) >= 11 is 4.01. The largest absolute Gasteiger partial charge is 0.249 e. The summed E-state index contributed by atoms with van der Waals surface area (Å²) in [7, 11) is 0. The van der Waals surface area contributed by atoms with Crippen molar-refractivity contribution in [3.05, 3.63) is 6.20 Å². The molecule has 1 heterocycles. The fourth-order valence-corrected chi connectivity index (χ4v) is 0.678. The molecule has 0 saturated heterocycles. The van der Waals surface area contributed by atoms with E-state index in [9.17, 15) is 0 Å². The molecule has 1 rings (SSSR count). The van der Waals surface area contributed by atoms with Crippen LogP contribution in [0.3, 0.4) is 0 Å². The Bertz CT molecular complexity index is 194. The van der Waals surface area contributed by atoms with Gasteiger partial charge in [-0.2, -0.15) is 0 Å². The van der Waals surface area contributed by atoms with E-state index in [-0.39, 0.29) is 0 Å². The van der Waals surface area contributed by atoms with Gasteiger partial charge < -0.3 is 0 Å². The quantitative estimate of drug-likeness (QED) is 0.598. The highest BCUT2D eigenvalue weighted by Gasteiger charge is 1.97. The minimum atomic E-state index is 0.374. The predicted molar refractivity (Wildman–Crippen MR) is 37.7 cm³/mol. The van der Waals surface area contributed by atoms with Crippen LogP contribution in [0.15, 0.2) is 11.2 Å². The number of thiol groups is 1. The second kappa shape index (κ2) is 2.39. The number of rotatable bonds is 1. The number of nitrogens with zero attached hydrogens (tertiary/aromatic N) is 3. The first-order valence-electron chi connectivity index (χ1n) is 2.81. The van der Waals surface area contributed by atoms with Gasteiger partial charge in [-0.15, -0.1) is 17.7 Å². The molecule has 0 N–H and O–H groups in total. The molecule has 0 aromatic carbocycles. The van der Waals surface area contributed by atoms with Crippen LogP contribution in [0.4, 0.5) is 0 Å². The maximum atomic E-state index is 4.01. The Hall–Kier alpha value is -0.510. The lowest BCUT2D eigenvalue weighted by Crippen LogP contribution is -2.00. The van der Waals surface area contributed by atoms with Crippen LogP contribution in [0.25, 0.3) is 0 Å². The standard InChI is InChI=1S/C5H9N3S/c1-4(2)8-3-5(9)6-7-8/h3-4,9H,1-2H3. The Kier molecular flexibility index (Phi) is 1.75. The normalized spacial score (nSPS) is 10.7. The van der Waals surface area contributed by atoms with Gasteiger partial charge in [0.15, 0.2) is 0 Å². The fraction of sp³-hybridized carbons (Fsp3) is 0.600. The molecule has 0 radical (unpaired) electrons. The highest BCUT2D eigenvalue weighted by atomic mass is 32.1. The average Bonchev–Trinajstić information content (AvgIpc) is 2.14. The maximum absolute atomic E-state index is 4.01. The molecule has 0 bridgehead atoms. The average molecular weight is 143 g/mol. The van der Waals surface area contributed by atoms with Crippen LogP contribution in [0.2, 0.25) is 0 Å². The molecule has 3 nitrogen and oxygen atoms in total. The first kappa shape index (κ1) is 6.61. The van der Waals surface area contributed by atoms with Crippen molar-refractivity contribution in [2.45, 2.75) is 24.9 Å². The molecule has 0 aliphatic carbocycles. The summed E-state index contributed by atoms with van der Waals surface area (Å²) in [6, 6.07) is 0.374. The van der Waals surface area contributed by atoms with E-state index in [1.165, 1.54) is 0 Å². The maximum Gasteiger partial charge on any atom is 0.135 e. The van der Waals surface area contributed by atoms with Gasteiger partial charge in [0.25, 0.3) is 0 Å². The van der Waals surface area contributed by atoms with E-state index in [0.717, 1.165) is 0 Å². The van der Waals surface area contributed by atoms with Crippen LogP contribution in [-0.2, 0) is 0 Å². The third-order valence-electron chi connectivity index (χ3n) is 1.03. The van der Waals surface area contributed by atoms with Gasteiger partial charge in [0.1, 0.15) is 5.03 Å². The number of hydrogen-bond donors (Lipinski definition) is 1. The Labute approximate surface area is 59.5 Å². The molecule has 0 saturated carbocycles. The molecule has 50 valence electrons. The van der Waals surface area contributed by atoms with Crippen LogP contribution in [0.1, 0.15) is 19.9 Å². The zero-order valence-corrected chi connectivity index (χ0v) is 6.34. The second-order valence-electron chi connectivity index (χ2n) is 2.15. The van der Waals surface area contributed by atoms with Crippen LogP contribution in [0, 0.1) is 0 Å². The van der Waals surface area contributed by atoms with Gasteiger partial charge in [-0.25, -0.2) is 4.68 Å². The molecule has 9 heavy (non-hydrogen) atoms. The monoisotopic (exact) mass is 143 g/mol. The highest BCUT2D eigenvalue weighted by molar-refractivity contribution is 7.80. The summed E-state index contributed by atoms with van der Waals surface area (Å²) in [5, 5.41) is 8.19. The van der Waals surface area contributed by atoms with Crippen LogP contribution >= 0.6 is 12.6 Å². The fourth-order valence-electron chi connectivity index (χ4n) is 0.520. The van der Waals surface area contributed by atoms with Gasteiger partial charge >= 0.3 is 0 Å². The summed E-state index contributed by atoms with van der Waals surface area (Å²) in [5.74, 6) is 0. The summed E-state index contributed by atoms with van der Waals surface area (Å²) in [5.41, 5.74) is 0. The molecule has 0 unspecified atom stereocenters. The molecule has 0 atom stereocenters. The Morgan fingerprint density at radius 2 is 2.33 bits per heavy atom. The third kappa shape index (κ3) is 1.45. The Morgan fingerprint density at radius 3 is 2.56 bits per heavy atom. The third-order valence-corrected chi connectivity index (χ3v) is 1.23. The predicted octanol–water partition coefficient (Wildman–Crippen LogP) is 1.15. The van der Waals surface area contributed by atoms with Gasteiger partial charge in [0, 0.05) is 6.04 Å². The zero-order valence-electron chi connectivity index (χ0n) is 5.44. The van der Waals surface area contributed by atoms with Gasteiger partial charge in [0.2, 0.25) is 0 Å². The van der Waals surface area contributed by atoms with E-state index >= 15 is 0 Å². The Balaban J connectivity index is 2.85. The molecule has 1 aromatic rings. The van der Waals surface area contributed by atoms with E-state index in [1.54, 1.807) is 10.9 Å². The lowest BCUT2D eigenvalue weighted by atomic mass is 10.4. The summed E-state index contributed by atoms with van der Waals surface area (Å²) in [4.78, 5) is 0. The van der Waals surface area contributed by atoms with Crippen molar-refractivity contribution in [2.24, 2.45) is 0 Å². The molecule has 0 fully saturated rings. The lowest BCUT2D eigenvalue weighted by molar-refractivity contribution is 0.514. The van der Waals surface area contributed by atoms with Gasteiger partial charge in [-0.05, 0) is 13.8 Å². The molecular formula is C5H9N3S. The van der Waals surface area contributed by atoms with E-state index in [2.05, 4.69) is 22.9 Å². The molecule has 0 aliphatic heterocycles. The van der Waals surface area contributed by atoms with E-state index in [4.69, 9.17) is 0 Å². The van der Waals surface area contributed by atoms with E-state index in [1.807, 2.05) is 13.8 Å². The van der Waals surface area contributed by atoms with Gasteiger partial charge in [-0.1, -0.05) is 5.21 Å². The van der Waals surface area contributed by atoms with Crippen molar-refractivity contribution >= 4 is 12.6 Å². The lowest BCUT2D eigenvalue weighted by Gasteiger charge is -2.00. The van der Waals surface area contributed by atoms with Crippen LogP contribution in [-0.4, -0.2) is 15.0 Å². The van der Waals surface area contributed by atoms with Crippen LogP contribution < -0.4 is 0 Å². The van der Waals surface area contributed by atoms with E-state index in [0.29, 0.717) is 11.1 Å². The van der Waals surface area contributed by atoms with Gasteiger partial charge in [-0.3, -0.25) is 0 Å². The zero-order chi connectivity index (χ0) is 6.85. The van der Waals surface area contributed by atoms with E-state index < -0.39 is 0 Å². The van der Waals surface area contributed by atoms with Crippen molar-refractivity contribution in [3.8, 4) is 0 Å². The molecule has 0 amide bonds. The first-order chi connectivity index (χ1) is 4.20. The number of aromatic nitrogens is 3. The minimum absolute atomic E-state index is 0.374. The van der Waals surface area contributed by atoms with Crippen molar-refractivity contribution in [2.75, 3.05) is 0 Å². The van der Waals surface area contributed by atoms with Gasteiger partial charge in [0.05, 0.1) is 6.20 Å². The SMILES string of the molecule is CC(C)n1cc(S)nn1. The summed E-state index contributed by atoms with van der Waals surface area (Å²) in [6.45, 7) is 4.09. The molecular weight excluding hydrogens is 134 g/mol. The smallest absolute Gasteiger partial charge is 0.135 e. The van der Waals surface area contributed by atoms with Crippen molar-refractivity contribution in [3.63, 3.8) is 0 Å². The van der Waals surface area contributed by atoms with Crippen molar-refractivity contribution < 1.29 is 0 Å². The van der Waals surface area contributed by atoms with Crippen molar-refractivity contribution in [1.29, 1.82) is 0 Å².